The van der Waals surface area contributed by atoms with Gasteiger partial charge in [0.1, 0.15) is 11.9 Å². The van der Waals surface area contributed by atoms with Gasteiger partial charge in [-0.1, -0.05) is 0 Å². The van der Waals surface area contributed by atoms with Gasteiger partial charge in [0.25, 0.3) is 0 Å². The molecule has 0 bridgehead atoms. The first-order valence-corrected chi connectivity index (χ1v) is 4.84. The van der Waals surface area contributed by atoms with Crippen LogP contribution in [0.1, 0.15) is 12.0 Å². The number of nitrogens with one attached hydrogen (secondary N) is 1. The zero-order valence-electron chi connectivity index (χ0n) is 8.22. The monoisotopic (exact) mass is 195 g/mol. The number of alkyl halides is 1. The molecule has 1 aliphatic rings. The molecule has 0 spiro atoms. The van der Waals surface area contributed by atoms with Gasteiger partial charge >= 0.3 is 0 Å². The molecule has 2 nitrogen and oxygen atoms in total. The van der Waals surface area contributed by atoms with Crippen molar-refractivity contribution in [2.75, 3.05) is 19.0 Å². The molecule has 0 aliphatic carbocycles. The third kappa shape index (κ3) is 1.81. The molecule has 76 valence electrons. The van der Waals surface area contributed by atoms with Crippen LogP contribution in [-0.2, 0) is 6.42 Å². The van der Waals surface area contributed by atoms with Crippen LogP contribution in [0.4, 0.5) is 10.1 Å². The summed E-state index contributed by atoms with van der Waals surface area (Å²) in [5.41, 5.74) is 2.04. The van der Waals surface area contributed by atoms with Crippen molar-refractivity contribution < 1.29 is 9.13 Å². The Kier molecular flexibility index (Phi) is 2.57. The maximum absolute atomic E-state index is 13.3. The number of methoxy groups -OCH3 is 1. The quantitative estimate of drug-likeness (QED) is 0.743. The number of rotatable bonds is 1. The zero-order valence-corrected chi connectivity index (χ0v) is 8.22. The van der Waals surface area contributed by atoms with E-state index in [0.29, 0.717) is 19.4 Å². The topological polar surface area (TPSA) is 21.3 Å². The largest absolute Gasteiger partial charge is 0.497 e. The van der Waals surface area contributed by atoms with Gasteiger partial charge in [-0.3, -0.25) is 0 Å². The fourth-order valence-electron chi connectivity index (χ4n) is 1.74. The molecule has 3 heteroatoms. The molecule has 1 atom stereocenters. The number of benzene rings is 1. The van der Waals surface area contributed by atoms with E-state index in [2.05, 4.69) is 5.32 Å². The van der Waals surface area contributed by atoms with Crippen molar-refractivity contribution in [1.82, 2.24) is 0 Å². The van der Waals surface area contributed by atoms with Gasteiger partial charge in [0.15, 0.2) is 0 Å². The van der Waals surface area contributed by atoms with Crippen LogP contribution >= 0.6 is 0 Å². The average Bonchev–Trinajstić information content (AvgIpc) is 2.37. The fraction of sp³-hybridized carbons (Fsp3) is 0.455. The SMILES string of the molecule is COc1ccc2c(c1)CC(F)CCN2. The van der Waals surface area contributed by atoms with Crippen LogP contribution in [0.5, 0.6) is 5.75 Å². The van der Waals surface area contributed by atoms with Crippen molar-refractivity contribution in [3.63, 3.8) is 0 Å². The summed E-state index contributed by atoms with van der Waals surface area (Å²) in [4.78, 5) is 0. The molecule has 0 amide bonds. The van der Waals surface area contributed by atoms with E-state index < -0.39 is 6.17 Å². The lowest BCUT2D eigenvalue weighted by atomic mass is 10.1. The van der Waals surface area contributed by atoms with E-state index in [1.807, 2.05) is 18.2 Å². The minimum absolute atomic E-state index is 0.486. The zero-order chi connectivity index (χ0) is 9.97. The van der Waals surface area contributed by atoms with E-state index in [-0.39, 0.29) is 0 Å². The molecule has 14 heavy (non-hydrogen) atoms. The van der Waals surface area contributed by atoms with Crippen molar-refractivity contribution in [2.45, 2.75) is 19.0 Å². The first-order chi connectivity index (χ1) is 6.79. The van der Waals surface area contributed by atoms with E-state index in [9.17, 15) is 4.39 Å². The van der Waals surface area contributed by atoms with Crippen LogP contribution in [0.25, 0.3) is 0 Å². The lowest BCUT2D eigenvalue weighted by Crippen LogP contribution is -2.05. The summed E-state index contributed by atoms with van der Waals surface area (Å²) in [6.45, 7) is 0.709. The van der Waals surface area contributed by atoms with E-state index in [1.165, 1.54) is 0 Å². The summed E-state index contributed by atoms with van der Waals surface area (Å²) in [7, 11) is 1.62. The first-order valence-electron chi connectivity index (χ1n) is 4.84. The molecule has 1 heterocycles. The molecule has 0 radical (unpaired) electrons. The molecule has 1 aromatic rings. The lowest BCUT2D eigenvalue weighted by Gasteiger charge is -2.09. The van der Waals surface area contributed by atoms with Gasteiger partial charge in [0.2, 0.25) is 0 Å². The third-order valence-electron chi connectivity index (χ3n) is 2.53. The van der Waals surface area contributed by atoms with Gasteiger partial charge in [0.05, 0.1) is 7.11 Å². The molecule has 2 rings (SSSR count). The van der Waals surface area contributed by atoms with Gasteiger partial charge in [-0.25, -0.2) is 4.39 Å². The van der Waals surface area contributed by atoms with Gasteiger partial charge in [-0.2, -0.15) is 0 Å². The van der Waals surface area contributed by atoms with Crippen LogP contribution in [-0.4, -0.2) is 19.8 Å². The molecule has 1 unspecified atom stereocenters. The summed E-state index contributed by atoms with van der Waals surface area (Å²) < 4.78 is 18.4. The maximum atomic E-state index is 13.3. The second-order valence-corrected chi connectivity index (χ2v) is 3.54. The Morgan fingerprint density at radius 3 is 3.14 bits per heavy atom. The van der Waals surface area contributed by atoms with Crippen LogP contribution in [0.3, 0.4) is 0 Å². The van der Waals surface area contributed by atoms with Crippen LogP contribution in [0.2, 0.25) is 0 Å². The number of hydrogen-bond donors (Lipinski definition) is 1. The molecular weight excluding hydrogens is 181 g/mol. The van der Waals surface area contributed by atoms with Crippen molar-refractivity contribution in [2.24, 2.45) is 0 Å². The second-order valence-electron chi connectivity index (χ2n) is 3.54. The summed E-state index contributed by atoms with van der Waals surface area (Å²) in [5.74, 6) is 0.791. The number of anilines is 1. The van der Waals surface area contributed by atoms with Gasteiger partial charge < -0.3 is 10.1 Å². The summed E-state index contributed by atoms with van der Waals surface area (Å²) in [6.07, 6.45) is 0.326. The normalized spacial score (nSPS) is 20.6. The molecule has 0 saturated heterocycles. The average molecular weight is 195 g/mol. The van der Waals surface area contributed by atoms with Gasteiger partial charge in [-0.05, 0) is 30.2 Å². The molecule has 1 aromatic carbocycles. The highest BCUT2D eigenvalue weighted by atomic mass is 19.1. The predicted octanol–water partition coefficient (Wildman–Crippen LogP) is 2.39. The molecule has 1 aliphatic heterocycles. The summed E-state index contributed by atoms with van der Waals surface area (Å²) >= 11 is 0. The molecule has 0 saturated carbocycles. The number of fused-ring (bicyclic) bond motifs is 1. The molecule has 0 fully saturated rings. The van der Waals surface area contributed by atoms with Crippen molar-refractivity contribution in [1.29, 1.82) is 0 Å². The van der Waals surface area contributed by atoms with Crippen LogP contribution in [0, 0.1) is 0 Å². The second kappa shape index (κ2) is 3.86. The summed E-state index contributed by atoms with van der Waals surface area (Å²) in [5, 5.41) is 3.21. The Labute approximate surface area is 83.1 Å². The van der Waals surface area contributed by atoms with Crippen molar-refractivity contribution >= 4 is 5.69 Å². The molecule has 0 aromatic heterocycles. The highest BCUT2D eigenvalue weighted by molar-refractivity contribution is 5.55. The minimum atomic E-state index is -0.740. The Morgan fingerprint density at radius 2 is 2.36 bits per heavy atom. The minimum Gasteiger partial charge on any atom is -0.497 e. The maximum Gasteiger partial charge on any atom is 0.119 e. The van der Waals surface area contributed by atoms with Gasteiger partial charge in [-0.15, -0.1) is 0 Å². The molecule has 1 N–H and O–H groups in total. The highest BCUT2D eigenvalue weighted by Gasteiger charge is 2.15. The number of hydrogen-bond acceptors (Lipinski definition) is 2. The molecular formula is C11H14FNO. The predicted molar refractivity (Wildman–Crippen MR) is 54.7 cm³/mol. The van der Waals surface area contributed by atoms with E-state index >= 15 is 0 Å². The summed E-state index contributed by atoms with van der Waals surface area (Å²) in [6, 6.07) is 5.75. The number of halogens is 1. The lowest BCUT2D eigenvalue weighted by molar-refractivity contribution is 0.322. The Bertz CT molecular complexity index is 327. The van der Waals surface area contributed by atoms with Gasteiger partial charge in [0, 0.05) is 18.7 Å². The van der Waals surface area contributed by atoms with Crippen molar-refractivity contribution in [3.05, 3.63) is 23.8 Å². The first kappa shape index (κ1) is 9.31. The Hall–Kier alpha value is -1.25. The third-order valence-corrected chi connectivity index (χ3v) is 2.53. The van der Waals surface area contributed by atoms with E-state index in [0.717, 1.165) is 17.0 Å². The smallest absolute Gasteiger partial charge is 0.119 e. The van der Waals surface area contributed by atoms with E-state index in [1.54, 1.807) is 7.11 Å². The highest BCUT2D eigenvalue weighted by Crippen LogP contribution is 2.26. The van der Waals surface area contributed by atoms with Crippen LogP contribution in [0.15, 0.2) is 18.2 Å². The fourth-order valence-corrected chi connectivity index (χ4v) is 1.74. The van der Waals surface area contributed by atoms with E-state index in [4.69, 9.17) is 4.74 Å². The standard InChI is InChI=1S/C11H14FNO/c1-14-10-2-3-11-8(7-10)6-9(12)4-5-13-11/h2-3,7,9,13H,4-6H2,1H3. The van der Waals surface area contributed by atoms with Crippen molar-refractivity contribution in [3.8, 4) is 5.75 Å². The number of ether oxygens (including phenoxy) is 1. The Morgan fingerprint density at radius 1 is 1.50 bits per heavy atom. The van der Waals surface area contributed by atoms with Crippen LogP contribution < -0.4 is 10.1 Å². The Balaban J connectivity index is 2.32.